The summed E-state index contributed by atoms with van der Waals surface area (Å²) in [6.07, 6.45) is 8.96. The molecule has 0 radical (unpaired) electrons. The summed E-state index contributed by atoms with van der Waals surface area (Å²) < 4.78 is 12.5. The van der Waals surface area contributed by atoms with E-state index in [9.17, 15) is 4.21 Å². The molecular weight excluding hydrogens is 242 g/mol. The Balaban J connectivity index is 1.79. The van der Waals surface area contributed by atoms with Crippen LogP contribution in [0.1, 0.15) is 58.8 Å². The van der Waals surface area contributed by atoms with Crippen molar-refractivity contribution in [3.63, 3.8) is 0 Å². The molecule has 0 bridgehead atoms. The van der Waals surface area contributed by atoms with Gasteiger partial charge in [0.15, 0.2) is 0 Å². The average molecular weight is 271 g/mol. The molecule has 0 spiro atoms. The summed E-state index contributed by atoms with van der Waals surface area (Å²) in [5, 5.41) is 4.08. The normalized spacial score (nSPS) is 35.1. The second-order valence-corrected chi connectivity index (χ2v) is 7.93. The van der Waals surface area contributed by atoms with Crippen LogP contribution in [0.2, 0.25) is 0 Å². The fourth-order valence-electron chi connectivity index (χ4n) is 3.65. The van der Waals surface area contributed by atoms with E-state index in [4.69, 9.17) is 0 Å². The van der Waals surface area contributed by atoms with Gasteiger partial charge in [-0.3, -0.25) is 4.21 Å². The SMILES string of the molecule is CCCNC1CCC(S(=O)CC2CCCC2)C1C. The summed E-state index contributed by atoms with van der Waals surface area (Å²) in [5.74, 6) is 2.34. The summed E-state index contributed by atoms with van der Waals surface area (Å²) >= 11 is 0. The Morgan fingerprint density at radius 1 is 1.17 bits per heavy atom. The lowest BCUT2D eigenvalue weighted by molar-refractivity contribution is 0.428. The Kier molecular flexibility index (Phi) is 5.68. The monoisotopic (exact) mass is 271 g/mol. The van der Waals surface area contributed by atoms with Gasteiger partial charge in [0, 0.05) is 27.8 Å². The molecule has 0 aromatic heterocycles. The van der Waals surface area contributed by atoms with Crippen molar-refractivity contribution in [2.24, 2.45) is 11.8 Å². The van der Waals surface area contributed by atoms with Crippen molar-refractivity contribution in [2.45, 2.75) is 70.1 Å². The van der Waals surface area contributed by atoms with E-state index in [2.05, 4.69) is 19.2 Å². The van der Waals surface area contributed by atoms with Crippen LogP contribution < -0.4 is 5.32 Å². The smallest absolute Gasteiger partial charge is 0.0389 e. The predicted molar refractivity (Wildman–Crippen MR) is 79.2 cm³/mol. The first-order valence-corrected chi connectivity index (χ1v) is 9.21. The Morgan fingerprint density at radius 2 is 1.89 bits per heavy atom. The van der Waals surface area contributed by atoms with Gasteiger partial charge in [-0.1, -0.05) is 26.7 Å². The molecule has 0 aromatic carbocycles. The molecule has 0 aromatic rings. The second kappa shape index (κ2) is 7.04. The fraction of sp³-hybridized carbons (Fsp3) is 1.00. The molecule has 1 N–H and O–H groups in total. The van der Waals surface area contributed by atoms with Crippen molar-refractivity contribution < 1.29 is 4.21 Å². The molecule has 2 nitrogen and oxygen atoms in total. The topological polar surface area (TPSA) is 29.1 Å². The van der Waals surface area contributed by atoms with Crippen LogP contribution >= 0.6 is 0 Å². The van der Waals surface area contributed by atoms with E-state index in [1.54, 1.807) is 0 Å². The Hall–Kier alpha value is 0.110. The summed E-state index contributed by atoms with van der Waals surface area (Å²) in [4.78, 5) is 0. The van der Waals surface area contributed by atoms with Crippen molar-refractivity contribution in [3.05, 3.63) is 0 Å². The Labute approximate surface area is 115 Å². The standard InChI is InChI=1S/C15H29NOS/c1-3-10-16-14-8-9-15(12(14)2)18(17)11-13-6-4-5-7-13/h12-16H,3-11H2,1-2H3. The van der Waals surface area contributed by atoms with Crippen LogP contribution in [0, 0.1) is 11.8 Å². The highest BCUT2D eigenvalue weighted by molar-refractivity contribution is 7.85. The maximum Gasteiger partial charge on any atom is 0.0389 e. The highest BCUT2D eigenvalue weighted by atomic mass is 32.2. The zero-order valence-corrected chi connectivity index (χ0v) is 12.8. The van der Waals surface area contributed by atoms with Crippen LogP contribution in [-0.2, 0) is 10.8 Å². The molecule has 4 atom stereocenters. The molecule has 106 valence electrons. The van der Waals surface area contributed by atoms with Gasteiger partial charge in [0.05, 0.1) is 0 Å². The molecule has 2 fully saturated rings. The van der Waals surface area contributed by atoms with Crippen LogP contribution in [0.4, 0.5) is 0 Å². The average Bonchev–Trinajstić information content (AvgIpc) is 2.97. The van der Waals surface area contributed by atoms with Crippen molar-refractivity contribution in [2.75, 3.05) is 12.3 Å². The number of hydrogen-bond donors (Lipinski definition) is 1. The van der Waals surface area contributed by atoms with Gasteiger partial charge < -0.3 is 5.32 Å². The van der Waals surface area contributed by atoms with E-state index < -0.39 is 10.8 Å². The molecule has 3 heteroatoms. The highest BCUT2D eigenvalue weighted by Gasteiger charge is 2.36. The third-order valence-electron chi connectivity index (χ3n) is 4.85. The maximum atomic E-state index is 12.5. The molecule has 0 aliphatic heterocycles. The van der Waals surface area contributed by atoms with Crippen molar-refractivity contribution in [1.29, 1.82) is 0 Å². The van der Waals surface area contributed by atoms with E-state index in [0.717, 1.165) is 18.2 Å². The molecule has 0 saturated heterocycles. The summed E-state index contributed by atoms with van der Waals surface area (Å²) in [7, 11) is -0.582. The molecular formula is C15H29NOS. The zero-order chi connectivity index (χ0) is 13.0. The number of rotatable bonds is 6. The first kappa shape index (κ1) is 14.5. The van der Waals surface area contributed by atoms with E-state index >= 15 is 0 Å². The summed E-state index contributed by atoms with van der Waals surface area (Å²) in [6, 6.07) is 0.613. The minimum atomic E-state index is -0.582. The predicted octanol–water partition coefficient (Wildman–Crippen LogP) is 3.09. The van der Waals surface area contributed by atoms with Crippen LogP contribution in [0.5, 0.6) is 0 Å². The number of nitrogens with one attached hydrogen (secondary N) is 1. The van der Waals surface area contributed by atoms with Crippen molar-refractivity contribution in [1.82, 2.24) is 5.32 Å². The number of hydrogen-bond acceptors (Lipinski definition) is 2. The highest BCUT2D eigenvalue weighted by Crippen LogP contribution is 2.33. The molecule has 0 amide bonds. The van der Waals surface area contributed by atoms with Gasteiger partial charge in [-0.25, -0.2) is 0 Å². The van der Waals surface area contributed by atoms with E-state index in [1.165, 1.54) is 44.9 Å². The Morgan fingerprint density at radius 3 is 2.56 bits per heavy atom. The minimum Gasteiger partial charge on any atom is -0.314 e. The van der Waals surface area contributed by atoms with Gasteiger partial charge in [0.1, 0.15) is 0 Å². The third-order valence-corrected chi connectivity index (χ3v) is 6.99. The van der Waals surface area contributed by atoms with Gasteiger partial charge in [0.25, 0.3) is 0 Å². The van der Waals surface area contributed by atoms with E-state index in [-0.39, 0.29) is 0 Å². The molecule has 0 heterocycles. The lowest BCUT2D eigenvalue weighted by atomic mass is 10.1. The first-order valence-electron chi connectivity index (χ1n) is 7.83. The zero-order valence-electron chi connectivity index (χ0n) is 12.0. The molecule has 4 unspecified atom stereocenters. The molecule has 2 aliphatic rings. The van der Waals surface area contributed by atoms with Gasteiger partial charge in [-0.05, 0) is 50.5 Å². The van der Waals surface area contributed by atoms with Crippen molar-refractivity contribution in [3.8, 4) is 0 Å². The fourth-order valence-corrected chi connectivity index (χ4v) is 5.76. The van der Waals surface area contributed by atoms with Gasteiger partial charge in [-0.15, -0.1) is 0 Å². The van der Waals surface area contributed by atoms with Crippen LogP contribution in [-0.4, -0.2) is 27.8 Å². The summed E-state index contributed by atoms with van der Waals surface area (Å²) in [5.41, 5.74) is 0. The van der Waals surface area contributed by atoms with Crippen LogP contribution in [0.3, 0.4) is 0 Å². The van der Waals surface area contributed by atoms with Crippen LogP contribution in [0.15, 0.2) is 0 Å². The van der Waals surface area contributed by atoms with Crippen LogP contribution in [0.25, 0.3) is 0 Å². The van der Waals surface area contributed by atoms with Gasteiger partial charge in [0.2, 0.25) is 0 Å². The third kappa shape index (κ3) is 3.57. The largest absolute Gasteiger partial charge is 0.314 e. The van der Waals surface area contributed by atoms with E-state index in [0.29, 0.717) is 17.2 Å². The van der Waals surface area contributed by atoms with Gasteiger partial charge in [-0.2, -0.15) is 0 Å². The van der Waals surface area contributed by atoms with Crippen molar-refractivity contribution >= 4 is 10.8 Å². The molecule has 2 aliphatic carbocycles. The molecule has 2 rings (SSSR count). The maximum absolute atomic E-state index is 12.5. The minimum absolute atomic E-state index is 0.458. The lowest BCUT2D eigenvalue weighted by Gasteiger charge is -2.22. The first-order chi connectivity index (χ1) is 8.72. The second-order valence-electron chi connectivity index (χ2n) is 6.23. The summed E-state index contributed by atoms with van der Waals surface area (Å²) in [6.45, 7) is 5.62. The van der Waals surface area contributed by atoms with Gasteiger partial charge >= 0.3 is 0 Å². The quantitative estimate of drug-likeness (QED) is 0.804. The lowest BCUT2D eigenvalue weighted by Crippen LogP contribution is -2.36. The molecule has 2 saturated carbocycles. The Bertz CT molecular complexity index is 276. The molecule has 18 heavy (non-hydrogen) atoms. The van der Waals surface area contributed by atoms with E-state index in [1.807, 2.05) is 0 Å².